The van der Waals surface area contributed by atoms with Gasteiger partial charge in [0.2, 0.25) is 23.6 Å². The molecule has 0 aromatic heterocycles. The maximum absolute atomic E-state index is 14.4. The van der Waals surface area contributed by atoms with E-state index >= 15 is 0 Å². The van der Waals surface area contributed by atoms with E-state index in [0.717, 1.165) is 66.3 Å². The van der Waals surface area contributed by atoms with E-state index in [2.05, 4.69) is 63.0 Å². The molecular formula is C48H61N5O8. The van der Waals surface area contributed by atoms with E-state index in [-0.39, 0.29) is 31.1 Å². The number of aliphatic hydroxyl groups excluding tert-OH is 1. The number of aryl methyl sites for hydroxylation is 1. The van der Waals surface area contributed by atoms with Gasteiger partial charge in [0.05, 0.1) is 12.6 Å². The lowest BCUT2D eigenvalue weighted by molar-refractivity contribution is -0.158. The number of carbonyl (C=O) groups is 6. The van der Waals surface area contributed by atoms with Crippen molar-refractivity contribution in [3.05, 3.63) is 106 Å². The maximum Gasteiger partial charge on any atom is 0.333 e. The Labute approximate surface area is 358 Å². The standard InChI is InChI=1S/C48H61N5O8/c1-5-12-37(43(56)46(59)49-28-40(55)53-42(32-15-10-7-11-16-32)47(60)61-48(2,3)4)50-44(57)38-27-36-24-33(34-25-35(36)26-34)23-30-19-17-29(18-20-30)21-22-39(54)52-41(45(58)51-38)31-13-8-6-9-14-31/h7,10-11,15-20,24-25,31,37-38,41-43,56H,5-6,8-9,12-14,21-23,26-28H2,1-4H3,(H,49,59)(H,50,57)(H,51,58)(H,52,54)(H,53,55)/t37?,38?,41-,42?,43?/m0/s1. The molecule has 2 heterocycles. The number of benzene rings is 3. The summed E-state index contributed by atoms with van der Waals surface area (Å²) in [5.41, 5.74) is 6.23. The SMILES string of the molecule is CCCC(NC(=O)C1Cc2cc(c3cc2C3)Cc2ccc(cc2)CCC(=O)N[C@@H](C2CCCCC2)C(=O)N1)C(O)C(=O)NCC(=O)NC(C(=O)OC(C)(C)C)c1ccccc1. The van der Waals surface area contributed by atoms with Crippen LogP contribution in [0.5, 0.6) is 0 Å². The molecule has 4 unspecified atom stereocenters. The number of amides is 5. The fourth-order valence-electron chi connectivity index (χ4n) is 8.51. The number of carbonyl (C=O) groups excluding carboxylic acids is 6. The highest BCUT2D eigenvalue weighted by atomic mass is 16.6. The molecule has 0 radical (unpaired) electrons. The second kappa shape index (κ2) is 20.3. The van der Waals surface area contributed by atoms with E-state index < -0.39 is 72.0 Å². The molecule has 5 atom stereocenters. The molecule has 1 fully saturated rings. The predicted molar refractivity (Wildman–Crippen MR) is 230 cm³/mol. The van der Waals surface area contributed by atoms with Crippen LogP contribution >= 0.6 is 0 Å². The quantitative estimate of drug-likeness (QED) is 0.115. The topological polar surface area (TPSA) is 192 Å². The molecule has 5 aliphatic rings. The van der Waals surface area contributed by atoms with Gasteiger partial charge in [-0.1, -0.05) is 99.3 Å². The van der Waals surface area contributed by atoms with Crippen LogP contribution in [0.15, 0.2) is 66.7 Å². The molecule has 3 aliphatic carbocycles. The second-order valence-electron chi connectivity index (χ2n) is 17.8. The van der Waals surface area contributed by atoms with Crippen LogP contribution in [-0.2, 0) is 59.2 Å². The van der Waals surface area contributed by atoms with Gasteiger partial charge in [0.25, 0.3) is 5.91 Å². The number of esters is 1. The number of aliphatic hydroxyl groups is 1. The van der Waals surface area contributed by atoms with Crippen LogP contribution < -0.4 is 26.6 Å². The fraction of sp³-hybridized carbons (Fsp3) is 0.500. The van der Waals surface area contributed by atoms with E-state index in [1.54, 1.807) is 51.1 Å². The molecule has 13 heteroatoms. The minimum absolute atomic E-state index is 0.0919. The minimum Gasteiger partial charge on any atom is -0.458 e. The number of rotatable bonds is 12. The third-order valence-corrected chi connectivity index (χ3v) is 11.8. The molecule has 13 nitrogen and oxygen atoms in total. The highest BCUT2D eigenvalue weighted by molar-refractivity contribution is 5.94. The normalized spacial score (nSPS) is 19.8. The Morgan fingerprint density at radius 2 is 1.48 bits per heavy atom. The number of ether oxygens (including phenoxy) is 1. The average molecular weight is 836 g/mol. The Balaban J connectivity index is 1.19. The lowest BCUT2D eigenvalue weighted by Gasteiger charge is -2.32. The number of nitrogens with one attached hydrogen (secondary N) is 5. The van der Waals surface area contributed by atoms with Gasteiger partial charge >= 0.3 is 5.97 Å². The summed E-state index contributed by atoms with van der Waals surface area (Å²) in [6, 6.07) is 17.0. The number of hydrogen-bond acceptors (Lipinski definition) is 8. The summed E-state index contributed by atoms with van der Waals surface area (Å²) in [6.45, 7) is 6.44. The Hall–Kier alpha value is -5.56. The van der Waals surface area contributed by atoms with Crippen LogP contribution in [0, 0.1) is 5.92 Å². The molecule has 326 valence electrons. The van der Waals surface area contributed by atoms with Crippen LogP contribution in [-0.4, -0.2) is 77.0 Å². The first-order valence-electron chi connectivity index (χ1n) is 21.8. The van der Waals surface area contributed by atoms with Gasteiger partial charge in [-0.2, -0.15) is 0 Å². The zero-order valence-corrected chi connectivity index (χ0v) is 35.8. The van der Waals surface area contributed by atoms with Gasteiger partial charge in [0, 0.05) is 12.8 Å². The number of hydrogen-bond donors (Lipinski definition) is 6. The van der Waals surface area contributed by atoms with Crippen LogP contribution in [0.1, 0.15) is 124 Å². The van der Waals surface area contributed by atoms with Crippen molar-refractivity contribution in [2.45, 2.75) is 141 Å². The lowest BCUT2D eigenvalue weighted by Crippen LogP contribution is -2.59. The summed E-state index contributed by atoms with van der Waals surface area (Å²) in [4.78, 5) is 81.8. The van der Waals surface area contributed by atoms with Gasteiger partial charge < -0.3 is 36.4 Å². The monoisotopic (exact) mass is 835 g/mol. The molecular weight excluding hydrogens is 775 g/mol. The van der Waals surface area contributed by atoms with E-state index in [0.29, 0.717) is 24.8 Å². The van der Waals surface area contributed by atoms with Gasteiger partial charge in [0.15, 0.2) is 12.1 Å². The van der Waals surface area contributed by atoms with E-state index in [9.17, 15) is 33.9 Å². The fourth-order valence-corrected chi connectivity index (χ4v) is 8.51. The summed E-state index contributed by atoms with van der Waals surface area (Å²) in [5.74, 6) is -3.62. The predicted octanol–water partition coefficient (Wildman–Crippen LogP) is 4.18. The van der Waals surface area contributed by atoms with Gasteiger partial charge in [-0.3, -0.25) is 24.0 Å². The van der Waals surface area contributed by atoms with E-state index in [1.165, 1.54) is 5.56 Å². The zero-order valence-electron chi connectivity index (χ0n) is 35.8. The van der Waals surface area contributed by atoms with Crippen LogP contribution in [0.3, 0.4) is 0 Å². The van der Waals surface area contributed by atoms with Crippen molar-refractivity contribution >= 4 is 35.5 Å². The third kappa shape index (κ3) is 12.3. The summed E-state index contributed by atoms with van der Waals surface area (Å²) < 4.78 is 5.54. The molecule has 5 amide bonds. The highest BCUT2D eigenvalue weighted by Gasteiger charge is 2.36. The second-order valence-corrected chi connectivity index (χ2v) is 17.8. The smallest absolute Gasteiger partial charge is 0.333 e. The molecule has 2 aliphatic heterocycles. The Morgan fingerprint density at radius 1 is 0.820 bits per heavy atom. The van der Waals surface area contributed by atoms with Crippen molar-refractivity contribution in [1.29, 1.82) is 0 Å². The molecule has 61 heavy (non-hydrogen) atoms. The summed E-state index contributed by atoms with van der Waals surface area (Å²) in [5, 5.41) is 25.3. The van der Waals surface area contributed by atoms with Crippen LogP contribution in [0.2, 0.25) is 0 Å². The first-order chi connectivity index (χ1) is 29.2. The van der Waals surface area contributed by atoms with E-state index in [4.69, 9.17) is 4.74 Å². The maximum atomic E-state index is 14.4. The van der Waals surface area contributed by atoms with Crippen molar-refractivity contribution in [2.75, 3.05) is 6.54 Å². The van der Waals surface area contributed by atoms with Gasteiger partial charge in [0.1, 0.15) is 17.7 Å². The largest absolute Gasteiger partial charge is 0.458 e. The Kier molecular flexibility index (Phi) is 15.0. The van der Waals surface area contributed by atoms with Crippen LogP contribution in [0.25, 0.3) is 0 Å². The number of fused-ring (bicyclic) bond motifs is 10. The molecule has 1 saturated carbocycles. The van der Waals surface area contributed by atoms with Crippen molar-refractivity contribution in [3.63, 3.8) is 0 Å². The van der Waals surface area contributed by atoms with Crippen molar-refractivity contribution < 1.29 is 38.6 Å². The molecule has 3 aromatic carbocycles. The highest BCUT2D eigenvalue weighted by Crippen LogP contribution is 2.33. The molecule has 6 N–H and O–H groups in total. The lowest BCUT2D eigenvalue weighted by atomic mass is 9.80. The molecule has 8 rings (SSSR count). The van der Waals surface area contributed by atoms with Gasteiger partial charge in [-0.25, -0.2) is 4.79 Å². The van der Waals surface area contributed by atoms with Crippen LogP contribution in [0.4, 0.5) is 0 Å². The Bertz CT molecular complexity index is 2060. The van der Waals surface area contributed by atoms with E-state index in [1.807, 2.05) is 6.92 Å². The summed E-state index contributed by atoms with van der Waals surface area (Å²) in [6.07, 6.45) is 5.80. The van der Waals surface area contributed by atoms with Crippen molar-refractivity contribution in [1.82, 2.24) is 26.6 Å². The first kappa shape index (κ1) is 45.0. The zero-order chi connectivity index (χ0) is 43.7. The molecule has 6 bridgehead atoms. The third-order valence-electron chi connectivity index (χ3n) is 11.8. The van der Waals surface area contributed by atoms with Crippen molar-refractivity contribution in [2.24, 2.45) is 5.92 Å². The Morgan fingerprint density at radius 3 is 2.15 bits per heavy atom. The summed E-state index contributed by atoms with van der Waals surface area (Å²) >= 11 is 0. The summed E-state index contributed by atoms with van der Waals surface area (Å²) in [7, 11) is 0. The average Bonchev–Trinajstić information content (AvgIpc) is 3.22. The first-order valence-corrected chi connectivity index (χ1v) is 21.8. The van der Waals surface area contributed by atoms with Gasteiger partial charge in [-0.15, -0.1) is 0 Å². The minimum atomic E-state index is -1.75. The molecule has 3 aromatic rings. The molecule has 0 saturated heterocycles. The van der Waals surface area contributed by atoms with Gasteiger partial charge in [-0.05, 0) is 104 Å². The van der Waals surface area contributed by atoms with Crippen molar-refractivity contribution in [3.8, 4) is 0 Å². The molecule has 0 spiro atoms.